The first-order valence-electron chi connectivity index (χ1n) is 10.5. The highest BCUT2D eigenvalue weighted by Crippen LogP contribution is 2.57. The Morgan fingerprint density at radius 2 is 1.67 bits per heavy atom. The summed E-state index contributed by atoms with van der Waals surface area (Å²) in [5, 5.41) is 5.47. The van der Waals surface area contributed by atoms with Crippen LogP contribution in [0.1, 0.15) is 47.2 Å². The van der Waals surface area contributed by atoms with Crippen LogP contribution in [0.3, 0.4) is 0 Å². The predicted octanol–water partition coefficient (Wildman–Crippen LogP) is 3.20. The normalized spacial score (nSPS) is 19.4. The van der Waals surface area contributed by atoms with Crippen molar-refractivity contribution in [3.05, 3.63) is 34.9 Å². The third kappa shape index (κ3) is 5.33. The van der Waals surface area contributed by atoms with Crippen LogP contribution in [-0.4, -0.2) is 55.6 Å². The molecule has 0 atom stereocenters. The molecule has 1 saturated heterocycles. The second kappa shape index (κ2) is 8.96. The Bertz CT molecular complexity index is 762. The van der Waals surface area contributed by atoms with Crippen molar-refractivity contribution in [1.29, 1.82) is 0 Å². The van der Waals surface area contributed by atoms with Crippen molar-refractivity contribution in [2.24, 2.45) is 11.3 Å². The molecule has 2 aliphatic rings. The smallest absolute Gasteiger partial charge is 0.354 e. The lowest BCUT2D eigenvalue weighted by molar-refractivity contribution is -0.192. The van der Waals surface area contributed by atoms with E-state index in [0.29, 0.717) is 24.6 Å². The van der Waals surface area contributed by atoms with Gasteiger partial charge in [-0.3, -0.25) is 9.59 Å². The maximum Gasteiger partial charge on any atom is 0.403 e. The van der Waals surface area contributed by atoms with Crippen LogP contribution < -0.4 is 10.6 Å². The third-order valence-electron chi connectivity index (χ3n) is 6.18. The minimum absolute atomic E-state index is 0.0642. The van der Waals surface area contributed by atoms with E-state index < -0.39 is 17.5 Å². The summed E-state index contributed by atoms with van der Waals surface area (Å²) in [5.41, 5.74) is 0.647. The van der Waals surface area contributed by atoms with Gasteiger partial charge in [0.2, 0.25) is 5.91 Å². The van der Waals surface area contributed by atoms with Gasteiger partial charge in [0.05, 0.1) is 0 Å². The molecular weight excluding hydrogens is 395 g/mol. The fraction of sp³-hybridized carbons (Fsp3) is 0.636. The summed E-state index contributed by atoms with van der Waals surface area (Å²) in [4.78, 5) is 26.4. The Morgan fingerprint density at radius 3 is 2.20 bits per heavy atom. The molecule has 1 heterocycles. The Labute approximate surface area is 175 Å². The van der Waals surface area contributed by atoms with E-state index in [2.05, 4.69) is 15.5 Å². The Balaban J connectivity index is 1.34. The molecule has 1 saturated carbocycles. The number of hydrogen-bond donors (Lipinski definition) is 2. The number of carbonyl (C=O) groups is 2. The van der Waals surface area contributed by atoms with Crippen molar-refractivity contribution < 1.29 is 22.8 Å². The van der Waals surface area contributed by atoms with E-state index in [1.54, 1.807) is 0 Å². The summed E-state index contributed by atoms with van der Waals surface area (Å²) in [7, 11) is 0. The van der Waals surface area contributed by atoms with Gasteiger partial charge in [-0.1, -0.05) is 17.2 Å². The summed E-state index contributed by atoms with van der Waals surface area (Å²) in [5.74, 6) is -0.574. The minimum Gasteiger partial charge on any atom is -0.354 e. The summed E-state index contributed by atoms with van der Waals surface area (Å²) < 4.78 is 38.8. The summed E-state index contributed by atoms with van der Waals surface area (Å²) in [6.07, 6.45) is -2.86. The average molecular weight is 425 g/mol. The van der Waals surface area contributed by atoms with E-state index in [-0.39, 0.29) is 25.3 Å². The van der Waals surface area contributed by atoms with E-state index in [9.17, 15) is 22.8 Å². The molecule has 3 rings (SSSR count). The van der Waals surface area contributed by atoms with Crippen LogP contribution in [0, 0.1) is 25.2 Å². The third-order valence-corrected chi connectivity index (χ3v) is 6.18. The molecule has 2 fully saturated rings. The van der Waals surface area contributed by atoms with E-state index in [1.165, 1.54) is 0 Å². The SMILES string of the molecule is Cc1cc(C)cc(C(=O)NCC2CCN(CCNC(=O)C3(C(F)(F)F)CC3)CC2)c1. The lowest BCUT2D eigenvalue weighted by atomic mass is 9.96. The number of piperidine rings is 1. The molecule has 30 heavy (non-hydrogen) atoms. The first kappa shape index (κ1) is 22.6. The van der Waals surface area contributed by atoms with Gasteiger partial charge in [-0.15, -0.1) is 0 Å². The van der Waals surface area contributed by atoms with Gasteiger partial charge in [-0.25, -0.2) is 0 Å². The second-order valence-electron chi connectivity index (χ2n) is 8.71. The van der Waals surface area contributed by atoms with Crippen LogP contribution in [0.4, 0.5) is 13.2 Å². The van der Waals surface area contributed by atoms with E-state index in [4.69, 9.17) is 0 Å². The minimum atomic E-state index is -4.46. The number of rotatable bonds is 7. The quantitative estimate of drug-likeness (QED) is 0.705. The molecule has 5 nitrogen and oxygen atoms in total. The first-order valence-corrected chi connectivity index (χ1v) is 10.5. The lowest BCUT2D eigenvalue weighted by Crippen LogP contribution is -2.45. The van der Waals surface area contributed by atoms with Gasteiger partial charge in [0.1, 0.15) is 5.41 Å². The van der Waals surface area contributed by atoms with Crippen LogP contribution >= 0.6 is 0 Å². The number of benzene rings is 1. The van der Waals surface area contributed by atoms with Gasteiger partial charge in [-0.05, 0) is 70.7 Å². The van der Waals surface area contributed by atoms with Gasteiger partial charge < -0.3 is 15.5 Å². The molecule has 0 spiro atoms. The first-order chi connectivity index (χ1) is 14.1. The van der Waals surface area contributed by atoms with Crippen molar-refractivity contribution in [2.45, 2.75) is 45.7 Å². The number of alkyl halides is 3. The molecule has 2 N–H and O–H groups in total. The van der Waals surface area contributed by atoms with Crippen molar-refractivity contribution >= 4 is 11.8 Å². The molecule has 0 bridgehead atoms. The number of halogens is 3. The number of aryl methyl sites for hydroxylation is 2. The number of amides is 2. The molecular formula is C22H30F3N3O2. The van der Waals surface area contributed by atoms with Gasteiger partial charge >= 0.3 is 6.18 Å². The molecule has 1 aliphatic heterocycles. The van der Waals surface area contributed by atoms with Crippen molar-refractivity contribution in [3.8, 4) is 0 Å². The molecule has 0 radical (unpaired) electrons. The van der Waals surface area contributed by atoms with E-state index in [1.807, 2.05) is 32.0 Å². The van der Waals surface area contributed by atoms with Crippen LogP contribution in [0.2, 0.25) is 0 Å². The Hall–Kier alpha value is -2.09. The molecule has 1 aromatic rings. The summed E-state index contributed by atoms with van der Waals surface area (Å²) in [6.45, 7) is 6.94. The fourth-order valence-corrected chi connectivity index (χ4v) is 4.12. The molecule has 8 heteroatoms. The fourth-order valence-electron chi connectivity index (χ4n) is 4.12. The number of carbonyl (C=O) groups excluding carboxylic acids is 2. The highest BCUT2D eigenvalue weighted by molar-refractivity contribution is 5.94. The maximum atomic E-state index is 12.9. The lowest BCUT2D eigenvalue weighted by Gasteiger charge is -2.32. The van der Waals surface area contributed by atoms with Gasteiger partial charge in [-0.2, -0.15) is 13.2 Å². The van der Waals surface area contributed by atoms with E-state index >= 15 is 0 Å². The number of nitrogens with one attached hydrogen (secondary N) is 2. The average Bonchev–Trinajstić information content (AvgIpc) is 3.48. The van der Waals surface area contributed by atoms with Crippen LogP contribution in [0.15, 0.2) is 18.2 Å². The molecule has 1 aliphatic carbocycles. The molecule has 166 valence electrons. The van der Waals surface area contributed by atoms with Crippen molar-refractivity contribution in [3.63, 3.8) is 0 Å². The number of nitrogens with zero attached hydrogens (tertiary/aromatic N) is 1. The van der Waals surface area contributed by atoms with Gasteiger partial charge in [0, 0.05) is 25.2 Å². The maximum absolute atomic E-state index is 12.9. The van der Waals surface area contributed by atoms with Gasteiger partial charge in [0.25, 0.3) is 5.91 Å². The zero-order valence-electron chi connectivity index (χ0n) is 17.6. The monoisotopic (exact) mass is 425 g/mol. The summed E-state index contributed by atoms with van der Waals surface area (Å²) in [6, 6.07) is 5.79. The molecule has 1 aromatic carbocycles. The largest absolute Gasteiger partial charge is 0.403 e. The molecule has 2 amide bonds. The van der Waals surface area contributed by atoms with Crippen LogP contribution in [0.5, 0.6) is 0 Å². The van der Waals surface area contributed by atoms with E-state index in [0.717, 1.165) is 37.1 Å². The summed E-state index contributed by atoms with van der Waals surface area (Å²) >= 11 is 0. The zero-order chi connectivity index (χ0) is 21.9. The zero-order valence-corrected chi connectivity index (χ0v) is 17.6. The highest BCUT2D eigenvalue weighted by Gasteiger charge is 2.68. The standard InChI is InChI=1S/C22H30F3N3O2/c1-15-11-16(2)13-18(12-15)19(29)27-14-17-3-8-28(9-4-17)10-7-26-20(30)21(5-6-21)22(23,24)25/h11-13,17H,3-10,14H2,1-2H3,(H,26,30)(H,27,29). The van der Waals surface area contributed by atoms with Crippen molar-refractivity contribution in [1.82, 2.24) is 15.5 Å². The number of hydrogen-bond acceptors (Lipinski definition) is 3. The second-order valence-corrected chi connectivity index (χ2v) is 8.71. The van der Waals surface area contributed by atoms with Gasteiger partial charge in [0.15, 0.2) is 0 Å². The van der Waals surface area contributed by atoms with Crippen LogP contribution in [0.25, 0.3) is 0 Å². The van der Waals surface area contributed by atoms with Crippen LogP contribution in [-0.2, 0) is 4.79 Å². The topological polar surface area (TPSA) is 61.4 Å². The van der Waals surface area contributed by atoms with Crippen molar-refractivity contribution in [2.75, 3.05) is 32.7 Å². The highest BCUT2D eigenvalue weighted by atomic mass is 19.4. The predicted molar refractivity (Wildman–Crippen MR) is 108 cm³/mol. The number of likely N-dealkylation sites (tertiary alicyclic amines) is 1. The Kier molecular flexibility index (Phi) is 6.75. The Morgan fingerprint density at radius 1 is 1.07 bits per heavy atom. The molecule has 0 aromatic heterocycles. The molecule has 0 unspecified atom stereocenters.